The summed E-state index contributed by atoms with van der Waals surface area (Å²) in [4.78, 5) is 16.0. The molecule has 2 rings (SSSR count). The van der Waals surface area contributed by atoms with Crippen LogP contribution in [0.1, 0.15) is 44.9 Å². The second kappa shape index (κ2) is 5.62. The molecule has 116 valence electrons. The fourth-order valence-electron chi connectivity index (χ4n) is 3.77. The number of rotatable bonds is 5. The lowest BCUT2D eigenvalue weighted by atomic mass is 9.74. The lowest BCUT2D eigenvalue weighted by Crippen LogP contribution is -2.60. The van der Waals surface area contributed by atoms with Crippen LogP contribution in [-0.2, 0) is 4.79 Å². The number of nitrogens with zero attached hydrogens (tertiary/aromatic N) is 2. The first-order valence-corrected chi connectivity index (χ1v) is 7.69. The van der Waals surface area contributed by atoms with E-state index < -0.39 is 11.5 Å². The highest BCUT2D eigenvalue weighted by Crippen LogP contribution is 2.38. The molecule has 5 heteroatoms. The second-order valence-electron chi connectivity index (χ2n) is 7.10. The lowest BCUT2D eigenvalue weighted by Gasteiger charge is -2.51. The summed E-state index contributed by atoms with van der Waals surface area (Å²) in [5.41, 5.74) is 5.32. The van der Waals surface area contributed by atoms with E-state index >= 15 is 0 Å². The highest BCUT2D eigenvalue weighted by molar-refractivity contribution is 5.78. The molecule has 0 aliphatic heterocycles. The van der Waals surface area contributed by atoms with E-state index in [1.807, 2.05) is 0 Å². The third-order valence-corrected chi connectivity index (χ3v) is 5.59. The van der Waals surface area contributed by atoms with Crippen LogP contribution >= 0.6 is 0 Å². The van der Waals surface area contributed by atoms with E-state index in [2.05, 4.69) is 30.9 Å². The van der Waals surface area contributed by atoms with Gasteiger partial charge in [0.15, 0.2) is 0 Å². The van der Waals surface area contributed by atoms with Crippen LogP contribution in [0, 0.1) is 0 Å². The van der Waals surface area contributed by atoms with Crippen molar-refractivity contribution in [2.24, 2.45) is 5.73 Å². The molecular weight excluding hydrogens is 254 g/mol. The smallest absolute Gasteiger partial charge is 0.323 e. The van der Waals surface area contributed by atoms with Gasteiger partial charge in [-0.05, 0) is 66.1 Å². The maximum Gasteiger partial charge on any atom is 0.323 e. The Morgan fingerprint density at radius 2 is 1.90 bits per heavy atom. The zero-order chi connectivity index (χ0) is 15.0. The maximum atomic E-state index is 11.4. The Labute approximate surface area is 122 Å². The largest absolute Gasteiger partial charge is 0.480 e. The summed E-state index contributed by atoms with van der Waals surface area (Å²) < 4.78 is 0. The minimum Gasteiger partial charge on any atom is -0.480 e. The predicted octanol–water partition coefficient (Wildman–Crippen LogP) is 1.13. The van der Waals surface area contributed by atoms with Crippen LogP contribution in [0.15, 0.2) is 0 Å². The van der Waals surface area contributed by atoms with Crippen molar-refractivity contribution < 1.29 is 9.90 Å². The molecule has 5 nitrogen and oxygen atoms in total. The number of carboxylic acids is 1. The first kappa shape index (κ1) is 15.7. The molecule has 2 aliphatic rings. The van der Waals surface area contributed by atoms with Gasteiger partial charge >= 0.3 is 5.97 Å². The molecule has 0 heterocycles. The molecule has 2 fully saturated rings. The maximum absolute atomic E-state index is 11.4. The van der Waals surface area contributed by atoms with Crippen molar-refractivity contribution in [3.8, 4) is 0 Å². The van der Waals surface area contributed by atoms with Crippen LogP contribution in [0.2, 0.25) is 0 Å². The van der Waals surface area contributed by atoms with Crippen molar-refractivity contribution in [1.29, 1.82) is 0 Å². The first-order valence-electron chi connectivity index (χ1n) is 7.69. The van der Waals surface area contributed by atoms with Gasteiger partial charge in [-0.1, -0.05) is 0 Å². The van der Waals surface area contributed by atoms with Gasteiger partial charge in [-0.15, -0.1) is 0 Å². The number of nitrogens with two attached hydrogens (primary N) is 1. The Morgan fingerprint density at radius 3 is 2.35 bits per heavy atom. The van der Waals surface area contributed by atoms with Crippen molar-refractivity contribution in [3.63, 3.8) is 0 Å². The lowest BCUT2D eigenvalue weighted by molar-refractivity contribution is -0.145. The molecule has 2 atom stereocenters. The summed E-state index contributed by atoms with van der Waals surface area (Å²) in [6.45, 7) is 1.01. The van der Waals surface area contributed by atoms with E-state index in [-0.39, 0.29) is 5.54 Å². The van der Waals surface area contributed by atoms with Gasteiger partial charge in [-0.25, -0.2) is 0 Å². The van der Waals surface area contributed by atoms with Crippen LogP contribution in [0.25, 0.3) is 0 Å². The second-order valence-corrected chi connectivity index (χ2v) is 7.10. The van der Waals surface area contributed by atoms with E-state index in [4.69, 9.17) is 5.73 Å². The number of likely N-dealkylation sites (N-methyl/N-ethyl adjacent to an activating group) is 2. The minimum atomic E-state index is -1.03. The molecular formula is C15H29N3O2. The highest BCUT2D eigenvalue weighted by atomic mass is 16.4. The number of hydrogen-bond donors (Lipinski definition) is 2. The van der Waals surface area contributed by atoms with Crippen LogP contribution in [0.5, 0.6) is 0 Å². The summed E-state index contributed by atoms with van der Waals surface area (Å²) >= 11 is 0. The normalized spacial score (nSPS) is 33.2. The van der Waals surface area contributed by atoms with Crippen molar-refractivity contribution >= 4 is 5.97 Å². The Bertz CT molecular complexity index is 368. The molecule has 3 N–H and O–H groups in total. The molecule has 0 aromatic heterocycles. The monoisotopic (exact) mass is 283 g/mol. The molecule has 2 unspecified atom stereocenters. The number of hydrogen-bond acceptors (Lipinski definition) is 4. The summed E-state index contributed by atoms with van der Waals surface area (Å²) in [6.07, 6.45) is 6.92. The zero-order valence-corrected chi connectivity index (χ0v) is 13.1. The Morgan fingerprint density at radius 1 is 1.25 bits per heavy atom. The van der Waals surface area contributed by atoms with Crippen molar-refractivity contribution in [3.05, 3.63) is 0 Å². The van der Waals surface area contributed by atoms with Gasteiger partial charge in [-0.3, -0.25) is 4.79 Å². The third kappa shape index (κ3) is 2.85. The van der Waals surface area contributed by atoms with Gasteiger partial charge in [-0.2, -0.15) is 0 Å². The van der Waals surface area contributed by atoms with Gasteiger partial charge in [0.05, 0.1) is 0 Å². The molecule has 20 heavy (non-hydrogen) atoms. The minimum absolute atomic E-state index is 0.284. The van der Waals surface area contributed by atoms with E-state index in [0.29, 0.717) is 18.9 Å². The van der Waals surface area contributed by atoms with Crippen molar-refractivity contribution in [2.45, 2.75) is 62.1 Å². The van der Waals surface area contributed by atoms with Crippen LogP contribution in [0.3, 0.4) is 0 Å². The fourth-order valence-corrected chi connectivity index (χ4v) is 3.77. The van der Waals surface area contributed by atoms with E-state index in [0.717, 1.165) is 19.4 Å². The molecule has 0 radical (unpaired) electrons. The topological polar surface area (TPSA) is 69.8 Å². The SMILES string of the molecule is CN(CC1(N(C)C)CCC1)C1CCCC(N)(C(=O)O)C1. The molecule has 0 amide bonds. The van der Waals surface area contributed by atoms with Crippen LogP contribution in [-0.4, -0.2) is 65.7 Å². The van der Waals surface area contributed by atoms with Crippen LogP contribution in [0.4, 0.5) is 0 Å². The molecule has 0 spiro atoms. The number of carboxylic acid groups (broad SMARTS) is 1. The summed E-state index contributed by atoms with van der Waals surface area (Å²) in [5.74, 6) is -0.846. The summed E-state index contributed by atoms with van der Waals surface area (Å²) in [5, 5.41) is 9.32. The number of aliphatic carboxylic acids is 1. The average Bonchev–Trinajstić information content (AvgIpc) is 2.33. The van der Waals surface area contributed by atoms with Crippen molar-refractivity contribution in [2.75, 3.05) is 27.7 Å². The zero-order valence-electron chi connectivity index (χ0n) is 13.1. The molecule has 2 saturated carbocycles. The molecule has 0 saturated heterocycles. The van der Waals surface area contributed by atoms with E-state index in [1.54, 1.807) is 0 Å². The molecule has 0 aromatic carbocycles. The quantitative estimate of drug-likeness (QED) is 0.791. The van der Waals surface area contributed by atoms with Gasteiger partial charge in [0.2, 0.25) is 0 Å². The van der Waals surface area contributed by atoms with Crippen LogP contribution < -0.4 is 5.73 Å². The Kier molecular flexibility index (Phi) is 4.42. The van der Waals surface area contributed by atoms with E-state index in [1.165, 1.54) is 19.3 Å². The average molecular weight is 283 g/mol. The predicted molar refractivity (Wildman–Crippen MR) is 79.7 cm³/mol. The van der Waals surface area contributed by atoms with Gasteiger partial charge < -0.3 is 20.6 Å². The number of carbonyl (C=O) groups is 1. The van der Waals surface area contributed by atoms with Gasteiger partial charge in [0, 0.05) is 18.1 Å². The Hall–Kier alpha value is -0.650. The van der Waals surface area contributed by atoms with Gasteiger partial charge in [0.1, 0.15) is 5.54 Å². The molecule has 2 aliphatic carbocycles. The van der Waals surface area contributed by atoms with Gasteiger partial charge in [0.25, 0.3) is 0 Å². The first-order chi connectivity index (χ1) is 9.29. The fraction of sp³-hybridized carbons (Fsp3) is 0.933. The van der Waals surface area contributed by atoms with E-state index in [9.17, 15) is 9.90 Å². The third-order valence-electron chi connectivity index (χ3n) is 5.59. The molecule has 0 aromatic rings. The molecule has 0 bridgehead atoms. The standard InChI is InChI=1S/C15H29N3O2/c1-17(2)14(7-5-8-14)11-18(3)12-6-4-9-15(16,10-12)13(19)20/h12H,4-11,16H2,1-3H3,(H,19,20). The highest BCUT2D eigenvalue weighted by Gasteiger charge is 2.44. The summed E-state index contributed by atoms with van der Waals surface area (Å²) in [6, 6.07) is 0.294. The summed E-state index contributed by atoms with van der Waals surface area (Å²) in [7, 11) is 6.43. The van der Waals surface area contributed by atoms with Crippen molar-refractivity contribution in [1.82, 2.24) is 9.80 Å². The Balaban J connectivity index is 1.98.